The molecule has 1 aromatic heterocycles. The number of carbonyl (C=O) groups excluding carboxylic acids is 1. The molecule has 0 fully saturated rings. The molecule has 0 aliphatic carbocycles. The first-order chi connectivity index (χ1) is 17.9. The van der Waals surface area contributed by atoms with Crippen molar-refractivity contribution in [2.75, 3.05) is 20.0 Å². The molecule has 0 spiro atoms. The van der Waals surface area contributed by atoms with Gasteiger partial charge in [-0.1, -0.05) is 41.0 Å². The Hall–Kier alpha value is -3.53. The zero-order valence-electron chi connectivity index (χ0n) is 20.2. The first-order valence-corrected chi connectivity index (χ1v) is 12.8. The van der Waals surface area contributed by atoms with Gasteiger partial charge in [0.15, 0.2) is 11.0 Å². The molecule has 1 N–H and O–H groups in total. The van der Waals surface area contributed by atoms with Crippen LogP contribution in [-0.4, -0.2) is 46.4 Å². The third kappa shape index (κ3) is 6.43. The topological polar surface area (TPSA) is 90.6 Å². The summed E-state index contributed by atoms with van der Waals surface area (Å²) in [5, 5.41) is 14.4. The summed E-state index contributed by atoms with van der Waals surface area (Å²) in [5.41, 5.74) is 5.60. The Labute approximate surface area is 228 Å². The average molecular weight is 556 g/mol. The fraction of sp³-hybridized carbons (Fsp3) is 0.154. The molecule has 0 saturated carbocycles. The number of hydrogen-bond donors (Lipinski definition) is 1. The van der Waals surface area contributed by atoms with Crippen molar-refractivity contribution in [1.29, 1.82) is 0 Å². The Morgan fingerprint density at radius 2 is 1.59 bits per heavy atom. The number of thioether (sulfide) groups is 1. The smallest absolute Gasteiger partial charge is 0.250 e. The molecule has 0 atom stereocenters. The van der Waals surface area contributed by atoms with Crippen LogP contribution in [0.2, 0.25) is 10.0 Å². The zero-order valence-corrected chi connectivity index (χ0v) is 22.6. The third-order valence-corrected chi connectivity index (χ3v) is 7.00. The predicted octanol–water partition coefficient (Wildman–Crippen LogP) is 5.89. The maximum atomic E-state index is 12.6. The van der Waals surface area contributed by atoms with E-state index in [9.17, 15) is 4.79 Å². The number of methoxy groups -OCH3 is 2. The molecule has 0 aliphatic heterocycles. The van der Waals surface area contributed by atoms with Crippen LogP contribution in [0.15, 0.2) is 77.0 Å². The van der Waals surface area contributed by atoms with Gasteiger partial charge in [0.1, 0.15) is 11.5 Å². The highest BCUT2D eigenvalue weighted by Crippen LogP contribution is 2.30. The van der Waals surface area contributed by atoms with Gasteiger partial charge < -0.3 is 9.47 Å². The average Bonchev–Trinajstić information content (AvgIpc) is 3.36. The van der Waals surface area contributed by atoms with Gasteiger partial charge in [0, 0.05) is 11.3 Å². The van der Waals surface area contributed by atoms with Gasteiger partial charge >= 0.3 is 0 Å². The summed E-state index contributed by atoms with van der Waals surface area (Å²) < 4.78 is 12.4. The number of halogens is 2. The van der Waals surface area contributed by atoms with Gasteiger partial charge in [-0.15, -0.1) is 10.2 Å². The Morgan fingerprint density at radius 3 is 2.22 bits per heavy atom. The lowest BCUT2D eigenvalue weighted by Crippen LogP contribution is -2.21. The van der Waals surface area contributed by atoms with Crippen LogP contribution in [0.4, 0.5) is 0 Å². The molecular weight excluding hydrogens is 533 g/mol. The van der Waals surface area contributed by atoms with E-state index in [1.54, 1.807) is 39.3 Å². The number of hydrogen-bond acceptors (Lipinski definition) is 7. The lowest BCUT2D eigenvalue weighted by atomic mass is 10.1. The number of amides is 1. The third-order valence-electron chi connectivity index (χ3n) is 5.33. The molecule has 8 nitrogen and oxygen atoms in total. The molecule has 3 aromatic carbocycles. The van der Waals surface area contributed by atoms with E-state index in [2.05, 4.69) is 20.7 Å². The van der Waals surface area contributed by atoms with E-state index >= 15 is 0 Å². The second-order valence-electron chi connectivity index (χ2n) is 7.72. The Bertz CT molecular complexity index is 1420. The van der Waals surface area contributed by atoms with Gasteiger partial charge in [-0.3, -0.25) is 9.36 Å². The fourth-order valence-corrected chi connectivity index (χ4v) is 4.39. The number of nitrogens with zero attached hydrogens (tertiary/aromatic N) is 4. The molecule has 4 rings (SSSR count). The molecule has 0 radical (unpaired) electrons. The summed E-state index contributed by atoms with van der Waals surface area (Å²) in [6.45, 7) is 1.77. The molecule has 11 heteroatoms. The summed E-state index contributed by atoms with van der Waals surface area (Å²) in [6.07, 6.45) is 0. The van der Waals surface area contributed by atoms with Crippen LogP contribution in [0.3, 0.4) is 0 Å². The zero-order chi connectivity index (χ0) is 26.4. The van der Waals surface area contributed by atoms with Gasteiger partial charge in [0.05, 0.1) is 35.7 Å². The van der Waals surface area contributed by atoms with Crippen molar-refractivity contribution < 1.29 is 14.3 Å². The van der Waals surface area contributed by atoms with Crippen molar-refractivity contribution >= 4 is 46.6 Å². The maximum absolute atomic E-state index is 12.6. The van der Waals surface area contributed by atoms with E-state index < -0.39 is 0 Å². The molecule has 1 amide bonds. The fourth-order valence-electron chi connectivity index (χ4n) is 3.35. The summed E-state index contributed by atoms with van der Waals surface area (Å²) >= 11 is 13.3. The van der Waals surface area contributed by atoms with Crippen molar-refractivity contribution in [3.63, 3.8) is 0 Å². The van der Waals surface area contributed by atoms with Crippen LogP contribution < -0.4 is 14.9 Å². The molecule has 0 aliphatic rings. The first kappa shape index (κ1) is 26.5. The Balaban J connectivity index is 1.54. The first-order valence-electron chi connectivity index (χ1n) is 11.0. The number of aromatic nitrogens is 3. The van der Waals surface area contributed by atoms with Crippen molar-refractivity contribution in [3.05, 3.63) is 82.3 Å². The van der Waals surface area contributed by atoms with Crippen LogP contribution in [0, 0.1) is 0 Å². The second kappa shape index (κ2) is 12.1. The van der Waals surface area contributed by atoms with Gasteiger partial charge in [-0.05, 0) is 73.2 Å². The van der Waals surface area contributed by atoms with E-state index in [4.69, 9.17) is 32.7 Å². The van der Waals surface area contributed by atoms with E-state index in [1.807, 2.05) is 53.1 Å². The molecule has 4 aromatic rings. The quantitative estimate of drug-likeness (QED) is 0.157. The lowest BCUT2D eigenvalue weighted by molar-refractivity contribution is -0.118. The van der Waals surface area contributed by atoms with Crippen molar-refractivity contribution in [1.82, 2.24) is 20.2 Å². The van der Waals surface area contributed by atoms with Crippen molar-refractivity contribution in [3.8, 4) is 28.6 Å². The Kier molecular flexibility index (Phi) is 8.70. The minimum absolute atomic E-state index is 0.0784. The summed E-state index contributed by atoms with van der Waals surface area (Å²) in [4.78, 5) is 12.6. The molecular formula is C26H23Cl2N5O3S. The number of nitrogens with one attached hydrogen (secondary N) is 1. The standard InChI is InChI=1S/C26H23Cl2N5O3S/c1-16(18-6-13-22(27)23(28)14-18)29-30-24(34)15-37-26-32-31-25(17-4-9-20(35-2)10-5-17)33(26)19-7-11-21(36-3)12-8-19/h4-14H,15H2,1-3H3,(H,30,34). The predicted molar refractivity (Wildman–Crippen MR) is 147 cm³/mol. The number of ether oxygens (including phenoxy) is 2. The largest absolute Gasteiger partial charge is 0.497 e. The van der Waals surface area contributed by atoms with Crippen molar-refractivity contribution in [2.24, 2.45) is 5.10 Å². The molecule has 1 heterocycles. The van der Waals surface area contributed by atoms with Crippen LogP contribution in [0.5, 0.6) is 11.5 Å². The molecule has 0 unspecified atom stereocenters. The molecule has 37 heavy (non-hydrogen) atoms. The van der Waals surface area contributed by atoms with Gasteiger partial charge in [0.25, 0.3) is 5.91 Å². The highest BCUT2D eigenvalue weighted by molar-refractivity contribution is 7.99. The van der Waals surface area contributed by atoms with Crippen LogP contribution in [0.25, 0.3) is 17.1 Å². The van der Waals surface area contributed by atoms with Gasteiger partial charge in [0.2, 0.25) is 0 Å². The van der Waals surface area contributed by atoms with Crippen molar-refractivity contribution in [2.45, 2.75) is 12.1 Å². The van der Waals surface area contributed by atoms with Crippen LogP contribution in [0.1, 0.15) is 12.5 Å². The summed E-state index contributed by atoms with van der Waals surface area (Å²) in [5.74, 6) is 1.88. The van der Waals surface area contributed by atoms with Crippen LogP contribution >= 0.6 is 35.0 Å². The number of benzene rings is 3. The molecule has 0 saturated heterocycles. The molecule has 0 bridgehead atoms. The number of carbonyl (C=O) groups is 1. The highest BCUT2D eigenvalue weighted by atomic mass is 35.5. The minimum Gasteiger partial charge on any atom is -0.497 e. The van der Waals surface area contributed by atoms with E-state index in [0.717, 1.165) is 28.3 Å². The summed E-state index contributed by atoms with van der Waals surface area (Å²) in [7, 11) is 3.23. The summed E-state index contributed by atoms with van der Waals surface area (Å²) in [6, 6.07) is 20.2. The maximum Gasteiger partial charge on any atom is 0.250 e. The van der Waals surface area contributed by atoms with E-state index in [0.29, 0.717) is 26.7 Å². The number of rotatable bonds is 9. The van der Waals surface area contributed by atoms with E-state index in [1.165, 1.54) is 11.8 Å². The lowest BCUT2D eigenvalue weighted by Gasteiger charge is -2.11. The highest BCUT2D eigenvalue weighted by Gasteiger charge is 2.18. The van der Waals surface area contributed by atoms with Gasteiger partial charge in [-0.2, -0.15) is 5.10 Å². The Morgan fingerprint density at radius 1 is 0.946 bits per heavy atom. The minimum atomic E-state index is -0.292. The van der Waals surface area contributed by atoms with Crippen LogP contribution in [-0.2, 0) is 4.79 Å². The van der Waals surface area contributed by atoms with Gasteiger partial charge in [-0.25, -0.2) is 5.43 Å². The second-order valence-corrected chi connectivity index (χ2v) is 9.47. The number of hydrazone groups is 1. The SMILES string of the molecule is COc1ccc(-c2nnc(SCC(=O)NN=C(C)c3ccc(Cl)c(Cl)c3)n2-c2ccc(OC)cc2)cc1. The monoisotopic (exact) mass is 555 g/mol. The van der Waals surface area contributed by atoms with E-state index in [-0.39, 0.29) is 11.7 Å². The normalized spacial score (nSPS) is 11.3. The molecule has 190 valence electrons.